The molecule has 0 amide bonds. The van der Waals surface area contributed by atoms with Gasteiger partial charge < -0.3 is 0 Å². The first-order valence-corrected chi connectivity index (χ1v) is 7.58. The second-order valence-corrected chi connectivity index (χ2v) is 4.74. The molecule has 0 unspecified atom stereocenters. The van der Waals surface area contributed by atoms with Gasteiger partial charge in [0.05, 0.1) is 0 Å². The van der Waals surface area contributed by atoms with E-state index in [-0.39, 0.29) is 0 Å². The standard InChI is InChI=1S/C6H4ClSi.Zr/c7-5-1-3-6(8)4-2-5;/h1-4H;/q;+2. The molecule has 0 heterocycles. The van der Waals surface area contributed by atoms with Gasteiger partial charge in [0, 0.05) is 0 Å². The summed E-state index contributed by atoms with van der Waals surface area (Å²) in [4.78, 5) is 0. The number of hydrogen-bond donors (Lipinski definition) is 0. The summed E-state index contributed by atoms with van der Waals surface area (Å²) < 4.78 is 0. The summed E-state index contributed by atoms with van der Waals surface area (Å²) in [6.45, 7) is 0. The quantitative estimate of drug-likeness (QED) is 0.635. The molecule has 3 heteroatoms. The Bertz CT molecular complexity index is 207. The molecule has 0 saturated heterocycles. The van der Waals surface area contributed by atoms with Gasteiger partial charge in [0.25, 0.3) is 0 Å². The second-order valence-electron chi connectivity index (χ2n) is 1.63. The third kappa shape index (κ3) is 2.37. The molecule has 0 spiro atoms. The van der Waals surface area contributed by atoms with Crippen molar-refractivity contribution in [2.45, 2.75) is 0 Å². The van der Waals surface area contributed by atoms with Gasteiger partial charge in [-0.1, -0.05) is 0 Å². The van der Waals surface area contributed by atoms with Crippen molar-refractivity contribution in [1.29, 1.82) is 0 Å². The van der Waals surface area contributed by atoms with Crippen molar-refractivity contribution in [1.82, 2.24) is 0 Å². The van der Waals surface area contributed by atoms with E-state index in [9.17, 15) is 0 Å². The van der Waals surface area contributed by atoms with E-state index in [0.717, 1.165) is 11.2 Å². The summed E-state index contributed by atoms with van der Waals surface area (Å²) >= 11 is 7.25. The van der Waals surface area contributed by atoms with Crippen LogP contribution >= 0.6 is 11.6 Å². The molecule has 0 aromatic heterocycles. The van der Waals surface area contributed by atoms with Gasteiger partial charge in [-0.3, -0.25) is 0 Å². The van der Waals surface area contributed by atoms with Gasteiger partial charge in [-0.15, -0.1) is 0 Å². The zero-order valence-electron chi connectivity index (χ0n) is 4.69. The van der Waals surface area contributed by atoms with E-state index < -0.39 is 0 Å². The first-order chi connectivity index (χ1) is 4.33. The molecule has 1 rings (SSSR count). The summed E-state index contributed by atoms with van der Waals surface area (Å²) in [7, 11) is 0. The van der Waals surface area contributed by atoms with E-state index in [0.29, 0.717) is 0 Å². The average Bonchev–Trinajstić information content (AvgIpc) is 1.90. The van der Waals surface area contributed by atoms with Gasteiger partial charge in [-0.05, 0) is 0 Å². The fourth-order valence-corrected chi connectivity index (χ4v) is 2.22. The molecule has 0 fully saturated rings. The predicted molar refractivity (Wildman–Crippen MR) is 36.8 cm³/mol. The molecule has 1 radical (unpaired) electrons. The maximum absolute atomic E-state index is 5.68. The molecule has 0 aliphatic carbocycles. The van der Waals surface area contributed by atoms with Crippen molar-refractivity contribution in [2.75, 3.05) is 0 Å². The third-order valence-corrected chi connectivity index (χ3v) is 3.99. The Labute approximate surface area is 75.2 Å². The van der Waals surface area contributed by atoms with Crippen molar-refractivity contribution in [2.24, 2.45) is 0 Å². The molecule has 1 aromatic carbocycles. The van der Waals surface area contributed by atoms with Crippen LogP contribution in [0.5, 0.6) is 0 Å². The topological polar surface area (TPSA) is 0 Å². The first-order valence-electron chi connectivity index (χ1n) is 2.51. The van der Waals surface area contributed by atoms with E-state index in [4.69, 9.17) is 11.6 Å². The van der Waals surface area contributed by atoms with Crippen LogP contribution in [-0.2, 0) is 23.3 Å². The minimum atomic E-state index is 0.827. The van der Waals surface area contributed by atoms with Crippen LogP contribution in [0.2, 0.25) is 5.02 Å². The zero-order valence-corrected chi connectivity index (χ0v) is 8.90. The van der Waals surface area contributed by atoms with Gasteiger partial charge in [0.15, 0.2) is 0 Å². The van der Waals surface area contributed by atoms with E-state index in [1.54, 1.807) is 23.3 Å². The second kappa shape index (κ2) is 3.70. The Kier molecular flexibility index (Phi) is 3.17. The van der Waals surface area contributed by atoms with Gasteiger partial charge in [-0.2, -0.15) is 0 Å². The van der Waals surface area contributed by atoms with E-state index in [1.807, 2.05) is 12.1 Å². The van der Waals surface area contributed by atoms with Crippen LogP contribution in [-0.4, -0.2) is 6.16 Å². The van der Waals surface area contributed by atoms with Crippen molar-refractivity contribution in [3.05, 3.63) is 29.3 Å². The Morgan fingerprint density at radius 3 is 2.22 bits per heavy atom. The number of halogens is 1. The molecule has 0 saturated carbocycles. The third-order valence-electron chi connectivity index (χ3n) is 0.989. The fraction of sp³-hybridized carbons (Fsp3) is 0. The molecule has 0 aliphatic rings. The van der Waals surface area contributed by atoms with Crippen LogP contribution in [0.15, 0.2) is 24.3 Å². The monoisotopic (exact) mass is 229 g/mol. The molecular weight excluding hydrogens is 227 g/mol. The van der Waals surface area contributed by atoms with E-state index in [1.165, 1.54) is 5.19 Å². The van der Waals surface area contributed by atoms with Crippen LogP contribution < -0.4 is 5.19 Å². The molecule has 9 heavy (non-hydrogen) atoms. The molecular formula is C6H4ClSiZr+2. The first kappa shape index (κ1) is 7.71. The summed E-state index contributed by atoms with van der Waals surface area (Å²) in [5.74, 6) is 0. The van der Waals surface area contributed by atoms with E-state index in [2.05, 4.69) is 12.1 Å². The van der Waals surface area contributed by atoms with Crippen LogP contribution in [0.25, 0.3) is 0 Å². The van der Waals surface area contributed by atoms with Gasteiger partial charge in [0.2, 0.25) is 0 Å². The molecule has 0 bridgehead atoms. The summed E-state index contributed by atoms with van der Waals surface area (Å²) in [6.07, 6.45) is 0.958. The molecule has 41 valence electrons. The van der Waals surface area contributed by atoms with Crippen LogP contribution in [0.1, 0.15) is 0 Å². The zero-order chi connectivity index (χ0) is 6.69. The molecule has 1 aromatic rings. The van der Waals surface area contributed by atoms with Gasteiger partial charge in [-0.25, -0.2) is 0 Å². The van der Waals surface area contributed by atoms with E-state index >= 15 is 0 Å². The van der Waals surface area contributed by atoms with Crippen LogP contribution in [0.3, 0.4) is 0 Å². The van der Waals surface area contributed by atoms with Crippen molar-refractivity contribution < 1.29 is 23.3 Å². The Balaban J connectivity index is 3.01. The average molecular weight is 231 g/mol. The van der Waals surface area contributed by atoms with Gasteiger partial charge >= 0.3 is 75.6 Å². The summed E-state index contributed by atoms with van der Waals surface area (Å²) in [5, 5.41) is 2.23. The van der Waals surface area contributed by atoms with Crippen molar-refractivity contribution in [3.63, 3.8) is 0 Å². The number of hydrogen-bond acceptors (Lipinski definition) is 0. The van der Waals surface area contributed by atoms with Gasteiger partial charge in [0.1, 0.15) is 0 Å². The molecule has 0 N–H and O–H groups in total. The fourth-order valence-electron chi connectivity index (χ4n) is 0.533. The minimum absolute atomic E-state index is 0.827. The Hall–Kier alpha value is 0.610. The maximum atomic E-state index is 5.68. The molecule has 0 aliphatic heterocycles. The van der Waals surface area contributed by atoms with Crippen LogP contribution in [0, 0.1) is 0 Å². The number of benzene rings is 1. The Morgan fingerprint density at radius 1 is 1.22 bits per heavy atom. The van der Waals surface area contributed by atoms with Crippen molar-refractivity contribution >= 4 is 22.9 Å². The van der Waals surface area contributed by atoms with Crippen molar-refractivity contribution in [3.8, 4) is 0 Å². The SMILES string of the molecule is Clc1ccc([Si]=[Zr+2])cc1. The summed E-state index contributed by atoms with van der Waals surface area (Å²) in [6, 6.07) is 8.03. The normalized spacial score (nSPS) is 9.22. The number of rotatable bonds is 1. The molecule has 0 nitrogen and oxygen atoms in total. The Morgan fingerprint density at radius 2 is 1.78 bits per heavy atom. The van der Waals surface area contributed by atoms with Crippen LogP contribution in [0.4, 0.5) is 0 Å². The predicted octanol–water partition coefficient (Wildman–Crippen LogP) is 1.13. The summed E-state index contributed by atoms with van der Waals surface area (Å²) in [5.41, 5.74) is 0. The molecule has 0 atom stereocenters.